The van der Waals surface area contributed by atoms with Gasteiger partial charge in [-0.1, -0.05) is 23.7 Å². The van der Waals surface area contributed by atoms with Crippen LogP contribution < -0.4 is 0 Å². The van der Waals surface area contributed by atoms with Crippen LogP contribution in [0.1, 0.15) is 11.3 Å². The molecule has 0 spiro atoms. The van der Waals surface area contributed by atoms with E-state index in [-0.39, 0.29) is 0 Å². The zero-order valence-electron chi connectivity index (χ0n) is 8.24. The van der Waals surface area contributed by atoms with E-state index in [1.165, 1.54) is 5.56 Å². The standard InChI is InChI=1S/C11H10BrClN2/c1-15-11(10(12)7-14-15)6-8-2-4-9(13)5-3-8/h2-5,7H,6H2,1H3. The Bertz CT molecular complexity index is 442. The number of rotatable bonds is 2. The third kappa shape index (κ3) is 2.41. The summed E-state index contributed by atoms with van der Waals surface area (Å²) in [5.41, 5.74) is 2.39. The number of hydrogen-bond acceptors (Lipinski definition) is 1. The molecule has 0 bridgehead atoms. The lowest BCUT2D eigenvalue weighted by atomic mass is 10.1. The molecule has 0 fully saturated rings. The third-order valence-corrected chi connectivity index (χ3v) is 3.21. The second-order valence-electron chi connectivity index (χ2n) is 3.37. The van der Waals surface area contributed by atoms with Gasteiger partial charge in [-0.05, 0) is 33.6 Å². The average Bonchev–Trinajstić information content (AvgIpc) is 2.53. The lowest BCUT2D eigenvalue weighted by Crippen LogP contribution is -1.99. The van der Waals surface area contributed by atoms with Crippen LogP contribution in [0.5, 0.6) is 0 Å². The van der Waals surface area contributed by atoms with Gasteiger partial charge in [0.05, 0.1) is 16.4 Å². The molecule has 2 rings (SSSR count). The van der Waals surface area contributed by atoms with E-state index in [0.717, 1.165) is 21.6 Å². The topological polar surface area (TPSA) is 17.8 Å². The van der Waals surface area contributed by atoms with E-state index < -0.39 is 0 Å². The number of aromatic nitrogens is 2. The lowest BCUT2D eigenvalue weighted by Gasteiger charge is -2.03. The van der Waals surface area contributed by atoms with E-state index in [1.807, 2.05) is 42.2 Å². The van der Waals surface area contributed by atoms with Crippen molar-refractivity contribution in [3.8, 4) is 0 Å². The summed E-state index contributed by atoms with van der Waals surface area (Å²) in [5, 5.41) is 4.94. The van der Waals surface area contributed by atoms with Gasteiger partial charge in [0.1, 0.15) is 0 Å². The Morgan fingerprint density at radius 1 is 1.33 bits per heavy atom. The van der Waals surface area contributed by atoms with Crippen LogP contribution in [0.25, 0.3) is 0 Å². The van der Waals surface area contributed by atoms with Crippen molar-refractivity contribution < 1.29 is 0 Å². The first-order chi connectivity index (χ1) is 7.16. The first kappa shape index (κ1) is 10.7. The quantitative estimate of drug-likeness (QED) is 0.826. The molecule has 0 unspecified atom stereocenters. The van der Waals surface area contributed by atoms with E-state index in [2.05, 4.69) is 21.0 Å². The van der Waals surface area contributed by atoms with Gasteiger partial charge in [-0.2, -0.15) is 5.10 Å². The van der Waals surface area contributed by atoms with Crippen molar-refractivity contribution in [3.05, 3.63) is 51.2 Å². The van der Waals surface area contributed by atoms with Gasteiger partial charge in [0.15, 0.2) is 0 Å². The highest BCUT2D eigenvalue weighted by Gasteiger charge is 2.06. The molecule has 0 amide bonds. The number of nitrogens with zero attached hydrogens (tertiary/aromatic N) is 2. The lowest BCUT2D eigenvalue weighted by molar-refractivity contribution is 0.723. The molecule has 1 aromatic carbocycles. The Morgan fingerprint density at radius 3 is 2.53 bits per heavy atom. The van der Waals surface area contributed by atoms with Gasteiger partial charge < -0.3 is 0 Å². The van der Waals surface area contributed by atoms with E-state index in [1.54, 1.807) is 0 Å². The molecule has 2 nitrogen and oxygen atoms in total. The molecule has 4 heteroatoms. The Hall–Kier alpha value is -0.800. The van der Waals surface area contributed by atoms with Gasteiger partial charge in [-0.3, -0.25) is 4.68 Å². The second-order valence-corrected chi connectivity index (χ2v) is 4.66. The van der Waals surface area contributed by atoms with Gasteiger partial charge in [-0.25, -0.2) is 0 Å². The Balaban J connectivity index is 2.25. The summed E-state index contributed by atoms with van der Waals surface area (Å²) in [5.74, 6) is 0. The zero-order chi connectivity index (χ0) is 10.8. The minimum Gasteiger partial charge on any atom is -0.271 e. The Labute approximate surface area is 102 Å². The summed E-state index contributed by atoms with van der Waals surface area (Å²) in [4.78, 5) is 0. The van der Waals surface area contributed by atoms with E-state index >= 15 is 0 Å². The highest BCUT2D eigenvalue weighted by atomic mass is 79.9. The highest BCUT2D eigenvalue weighted by molar-refractivity contribution is 9.10. The molecule has 0 saturated carbocycles. The van der Waals surface area contributed by atoms with Crippen molar-refractivity contribution in [2.75, 3.05) is 0 Å². The van der Waals surface area contributed by atoms with E-state index in [0.29, 0.717) is 0 Å². The van der Waals surface area contributed by atoms with Crippen LogP contribution in [0.2, 0.25) is 5.02 Å². The van der Waals surface area contributed by atoms with E-state index in [9.17, 15) is 0 Å². The molecule has 0 aliphatic heterocycles. The summed E-state index contributed by atoms with van der Waals surface area (Å²) >= 11 is 9.31. The van der Waals surface area contributed by atoms with Gasteiger partial charge in [0, 0.05) is 18.5 Å². The number of halogens is 2. The van der Waals surface area contributed by atoms with Crippen LogP contribution >= 0.6 is 27.5 Å². The molecule has 0 saturated heterocycles. The largest absolute Gasteiger partial charge is 0.271 e. The van der Waals surface area contributed by atoms with Crippen LogP contribution in [-0.2, 0) is 13.5 Å². The number of hydrogen-bond donors (Lipinski definition) is 0. The highest BCUT2D eigenvalue weighted by Crippen LogP contribution is 2.19. The minimum absolute atomic E-state index is 0.767. The normalized spacial score (nSPS) is 10.6. The van der Waals surface area contributed by atoms with Crippen molar-refractivity contribution >= 4 is 27.5 Å². The van der Waals surface area contributed by atoms with E-state index in [4.69, 9.17) is 11.6 Å². The molecule has 0 aliphatic rings. The molecule has 0 atom stereocenters. The summed E-state index contributed by atoms with van der Waals surface area (Å²) in [6.45, 7) is 0. The van der Waals surface area contributed by atoms with Gasteiger partial charge in [0.2, 0.25) is 0 Å². The fourth-order valence-electron chi connectivity index (χ4n) is 1.43. The summed E-state index contributed by atoms with van der Waals surface area (Å²) in [6, 6.07) is 7.87. The molecule has 0 N–H and O–H groups in total. The van der Waals surface area contributed by atoms with Gasteiger partial charge in [-0.15, -0.1) is 0 Å². The van der Waals surface area contributed by atoms with Crippen molar-refractivity contribution in [1.82, 2.24) is 9.78 Å². The second kappa shape index (κ2) is 4.37. The molecular weight excluding hydrogens is 275 g/mol. The van der Waals surface area contributed by atoms with Crippen LogP contribution in [0, 0.1) is 0 Å². The smallest absolute Gasteiger partial charge is 0.0635 e. The summed E-state index contributed by atoms with van der Waals surface area (Å²) in [6.07, 6.45) is 2.67. The number of aryl methyl sites for hydroxylation is 1. The molecule has 0 radical (unpaired) electrons. The molecule has 1 heterocycles. The molecule has 1 aromatic heterocycles. The Morgan fingerprint density at radius 2 is 2.00 bits per heavy atom. The third-order valence-electron chi connectivity index (χ3n) is 2.30. The molecular formula is C11H10BrClN2. The molecule has 78 valence electrons. The maximum Gasteiger partial charge on any atom is 0.0635 e. The number of benzene rings is 1. The molecule has 15 heavy (non-hydrogen) atoms. The fourth-order valence-corrected chi connectivity index (χ4v) is 2.04. The zero-order valence-corrected chi connectivity index (χ0v) is 10.6. The molecule has 0 aliphatic carbocycles. The first-order valence-electron chi connectivity index (χ1n) is 4.57. The fraction of sp³-hybridized carbons (Fsp3) is 0.182. The van der Waals surface area contributed by atoms with Crippen LogP contribution in [0.4, 0.5) is 0 Å². The van der Waals surface area contributed by atoms with Crippen LogP contribution in [-0.4, -0.2) is 9.78 Å². The molecule has 2 aromatic rings. The van der Waals surface area contributed by atoms with Crippen LogP contribution in [0.3, 0.4) is 0 Å². The van der Waals surface area contributed by atoms with Crippen molar-refractivity contribution in [2.24, 2.45) is 7.05 Å². The van der Waals surface area contributed by atoms with Crippen LogP contribution in [0.15, 0.2) is 34.9 Å². The van der Waals surface area contributed by atoms with Crippen molar-refractivity contribution in [3.63, 3.8) is 0 Å². The first-order valence-corrected chi connectivity index (χ1v) is 5.75. The van der Waals surface area contributed by atoms with Crippen molar-refractivity contribution in [1.29, 1.82) is 0 Å². The SMILES string of the molecule is Cn1ncc(Br)c1Cc1ccc(Cl)cc1. The monoisotopic (exact) mass is 284 g/mol. The summed E-state index contributed by atoms with van der Waals surface area (Å²) in [7, 11) is 1.94. The predicted molar refractivity (Wildman–Crippen MR) is 65.2 cm³/mol. The van der Waals surface area contributed by atoms with Gasteiger partial charge in [0.25, 0.3) is 0 Å². The Kier molecular flexibility index (Phi) is 3.12. The average molecular weight is 286 g/mol. The van der Waals surface area contributed by atoms with Gasteiger partial charge >= 0.3 is 0 Å². The maximum atomic E-state index is 5.83. The van der Waals surface area contributed by atoms with Crippen molar-refractivity contribution in [2.45, 2.75) is 6.42 Å². The minimum atomic E-state index is 0.767. The predicted octanol–water partition coefficient (Wildman–Crippen LogP) is 3.43. The summed E-state index contributed by atoms with van der Waals surface area (Å²) < 4.78 is 2.92. The maximum absolute atomic E-state index is 5.83.